The van der Waals surface area contributed by atoms with Crippen LogP contribution in [0.15, 0.2) is 35.7 Å². The number of nitrogens with one attached hydrogen (secondary N) is 1. The lowest BCUT2D eigenvalue weighted by atomic mass is 10.2. The number of rotatable bonds is 6. The average Bonchev–Trinajstić information content (AvgIpc) is 3.02. The van der Waals surface area contributed by atoms with E-state index < -0.39 is 0 Å². The zero-order valence-electron chi connectivity index (χ0n) is 12.9. The Morgan fingerprint density at radius 2 is 1.87 bits per heavy atom. The van der Waals surface area contributed by atoms with Gasteiger partial charge in [0.05, 0.1) is 18.9 Å². The largest absolute Gasteiger partial charge is 0.379 e. The first kappa shape index (κ1) is 20.2. The second-order valence-electron chi connectivity index (χ2n) is 5.14. The molecule has 0 atom stereocenters. The van der Waals surface area contributed by atoms with Gasteiger partial charge in [-0.3, -0.25) is 4.90 Å². The second-order valence-corrected chi connectivity index (χ2v) is 6.00. The summed E-state index contributed by atoms with van der Waals surface area (Å²) in [5, 5.41) is 6.54. The predicted octanol–water partition coefficient (Wildman–Crippen LogP) is 3.79. The number of hydrogen-bond donors (Lipinski definition) is 1. The lowest BCUT2D eigenvalue weighted by Gasteiger charge is -2.26. The van der Waals surface area contributed by atoms with Crippen LogP contribution in [0.5, 0.6) is 0 Å². The number of benzene rings is 1. The van der Waals surface area contributed by atoms with Gasteiger partial charge >= 0.3 is 0 Å². The van der Waals surface area contributed by atoms with Crippen LogP contribution in [0.4, 0.5) is 5.13 Å². The summed E-state index contributed by atoms with van der Waals surface area (Å²) >= 11 is 1.67. The number of hydrogen-bond acceptors (Lipinski definition) is 5. The highest BCUT2D eigenvalue weighted by Gasteiger charge is 2.09. The van der Waals surface area contributed by atoms with Gasteiger partial charge in [0.25, 0.3) is 0 Å². The van der Waals surface area contributed by atoms with Crippen molar-refractivity contribution in [3.63, 3.8) is 0 Å². The Hall–Kier alpha value is -0.850. The lowest BCUT2D eigenvalue weighted by Crippen LogP contribution is -2.37. The second kappa shape index (κ2) is 10.8. The molecule has 1 aliphatic rings. The number of morpholine rings is 1. The van der Waals surface area contributed by atoms with Crippen LogP contribution in [0.3, 0.4) is 0 Å². The standard InChI is InChI=1S/C16H21N3OS.2ClH/c1-2-5-14(6-3-1)15-13-21-16(18-15)17-7-4-8-19-9-11-20-12-10-19;;/h1-3,5-6,13H,4,7-12H2,(H,17,18);2*1H. The molecule has 4 nitrogen and oxygen atoms in total. The van der Waals surface area contributed by atoms with E-state index in [1.165, 1.54) is 5.56 Å². The van der Waals surface area contributed by atoms with Crippen LogP contribution in [-0.2, 0) is 4.74 Å². The van der Waals surface area contributed by atoms with Crippen molar-refractivity contribution < 1.29 is 4.74 Å². The zero-order valence-corrected chi connectivity index (χ0v) is 15.4. The molecule has 2 heterocycles. The molecule has 7 heteroatoms. The molecule has 2 aromatic rings. The molecular formula is C16H23Cl2N3OS. The molecule has 1 aromatic heterocycles. The highest BCUT2D eigenvalue weighted by atomic mass is 35.5. The summed E-state index contributed by atoms with van der Waals surface area (Å²) in [5.41, 5.74) is 2.23. The number of thiazole rings is 1. The Labute approximate surface area is 154 Å². The summed E-state index contributed by atoms with van der Waals surface area (Å²) in [4.78, 5) is 7.10. The predicted molar refractivity (Wildman–Crippen MR) is 102 cm³/mol. The third-order valence-corrected chi connectivity index (χ3v) is 4.40. The third-order valence-electron chi connectivity index (χ3n) is 3.60. The molecule has 0 radical (unpaired) electrons. The van der Waals surface area contributed by atoms with Gasteiger partial charge in [0, 0.05) is 30.6 Å². The van der Waals surface area contributed by atoms with E-state index in [1.807, 2.05) is 18.2 Å². The van der Waals surface area contributed by atoms with Gasteiger partial charge in [-0.1, -0.05) is 30.3 Å². The summed E-state index contributed by atoms with van der Waals surface area (Å²) in [6.07, 6.45) is 1.14. The van der Waals surface area contributed by atoms with Crippen molar-refractivity contribution in [1.82, 2.24) is 9.88 Å². The number of halogens is 2. The summed E-state index contributed by atoms with van der Waals surface area (Å²) in [6.45, 7) is 5.98. The fraction of sp³-hybridized carbons (Fsp3) is 0.438. The minimum absolute atomic E-state index is 0. The van der Waals surface area contributed by atoms with Crippen LogP contribution in [0.1, 0.15) is 6.42 Å². The van der Waals surface area contributed by atoms with Gasteiger partial charge in [0.15, 0.2) is 5.13 Å². The summed E-state index contributed by atoms with van der Waals surface area (Å²) in [7, 11) is 0. The van der Waals surface area contributed by atoms with E-state index >= 15 is 0 Å². The summed E-state index contributed by atoms with van der Waals surface area (Å²) in [6, 6.07) is 10.3. The van der Waals surface area contributed by atoms with Gasteiger partial charge in [-0.15, -0.1) is 36.2 Å². The molecule has 0 spiro atoms. The number of ether oxygens (including phenoxy) is 1. The highest BCUT2D eigenvalue weighted by Crippen LogP contribution is 2.24. The Morgan fingerprint density at radius 3 is 2.61 bits per heavy atom. The molecule has 0 saturated carbocycles. The Kier molecular flexibility index (Phi) is 9.52. The molecule has 1 aromatic carbocycles. The van der Waals surface area contributed by atoms with Crippen molar-refractivity contribution in [2.75, 3.05) is 44.7 Å². The maximum absolute atomic E-state index is 5.35. The Bertz CT molecular complexity index is 547. The quantitative estimate of drug-likeness (QED) is 0.779. The van der Waals surface area contributed by atoms with Gasteiger partial charge in [-0.2, -0.15) is 0 Å². The van der Waals surface area contributed by atoms with E-state index in [9.17, 15) is 0 Å². The molecule has 1 aliphatic heterocycles. The van der Waals surface area contributed by atoms with Gasteiger partial charge < -0.3 is 10.1 Å². The topological polar surface area (TPSA) is 37.4 Å². The SMILES string of the molecule is Cl.Cl.c1ccc(-c2csc(NCCCN3CCOCC3)n2)cc1. The van der Waals surface area contributed by atoms with Crippen LogP contribution in [0.25, 0.3) is 11.3 Å². The van der Waals surface area contributed by atoms with E-state index in [-0.39, 0.29) is 24.8 Å². The molecule has 0 aliphatic carbocycles. The van der Waals surface area contributed by atoms with Crippen molar-refractivity contribution in [3.8, 4) is 11.3 Å². The number of nitrogens with zero attached hydrogens (tertiary/aromatic N) is 2. The monoisotopic (exact) mass is 375 g/mol. The smallest absolute Gasteiger partial charge is 0.183 e. The van der Waals surface area contributed by atoms with Crippen LogP contribution in [0.2, 0.25) is 0 Å². The summed E-state index contributed by atoms with van der Waals surface area (Å²) < 4.78 is 5.35. The third kappa shape index (κ3) is 6.28. The van der Waals surface area contributed by atoms with E-state index in [4.69, 9.17) is 4.74 Å². The van der Waals surface area contributed by atoms with Crippen molar-refractivity contribution in [3.05, 3.63) is 35.7 Å². The molecule has 1 N–H and O–H groups in total. The van der Waals surface area contributed by atoms with E-state index in [2.05, 4.69) is 32.7 Å². The number of aromatic nitrogens is 1. The van der Waals surface area contributed by atoms with Crippen LogP contribution in [-0.4, -0.2) is 49.3 Å². The Balaban J connectivity index is 0.00000132. The minimum Gasteiger partial charge on any atom is -0.379 e. The molecule has 1 saturated heterocycles. The minimum atomic E-state index is 0. The van der Waals surface area contributed by atoms with Gasteiger partial charge in [0.1, 0.15) is 0 Å². The van der Waals surface area contributed by atoms with Crippen LogP contribution >= 0.6 is 36.2 Å². The Morgan fingerprint density at radius 1 is 1.13 bits per heavy atom. The highest BCUT2D eigenvalue weighted by molar-refractivity contribution is 7.14. The van der Waals surface area contributed by atoms with Crippen molar-refractivity contribution in [2.45, 2.75) is 6.42 Å². The maximum atomic E-state index is 5.35. The van der Waals surface area contributed by atoms with Gasteiger partial charge in [-0.05, 0) is 13.0 Å². The molecule has 3 rings (SSSR count). The molecular weight excluding hydrogens is 353 g/mol. The first-order valence-electron chi connectivity index (χ1n) is 7.47. The van der Waals surface area contributed by atoms with Crippen LogP contribution in [0, 0.1) is 0 Å². The maximum Gasteiger partial charge on any atom is 0.183 e. The average molecular weight is 376 g/mol. The molecule has 23 heavy (non-hydrogen) atoms. The normalized spacial score (nSPS) is 14.6. The molecule has 128 valence electrons. The fourth-order valence-electron chi connectivity index (χ4n) is 2.42. The first-order chi connectivity index (χ1) is 10.4. The van der Waals surface area contributed by atoms with Gasteiger partial charge in [-0.25, -0.2) is 4.98 Å². The molecule has 1 fully saturated rings. The molecule has 0 unspecified atom stereocenters. The molecule has 0 bridgehead atoms. The molecule has 0 amide bonds. The number of anilines is 1. The van der Waals surface area contributed by atoms with Crippen LogP contribution < -0.4 is 5.32 Å². The van der Waals surface area contributed by atoms with Crippen molar-refractivity contribution >= 4 is 41.3 Å². The zero-order chi connectivity index (χ0) is 14.3. The first-order valence-corrected chi connectivity index (χ1v) is 8.35. The summed E-state index contributed by atoms with van der Waals surface area (Å²) in [5.74, 6) is 0. The van der Waals surface area contributed by atoms with E-state index in [0.717, 1.165) is 56.6 Å². The lowest BCUT2D eigenvalue weighted by molar-refractivity contribution is 0.0378. The van der Waals surface area contributed by atoms with Crippen molar-refractivity contribution in [1.29, 1.82) is 0 Å². The van der Waals surface area contributed by atoms with E-state index in [1.54, 1.807) is 11.3 Å². The van der Waals surface area contributed by atoms with E-state index in [0.29, 0.717) is 0 Å². The van der Waals surface area contributed by atoms with Crippen molar-refractivity contribution in [2.24, 2.45) is 0 Å². The fourth-order valence-corrected chi connectivity index (χ4v) is 3.17. The van der Waals surface area contributed by atoms with Gasteiger partial charge in [0.2, 0.25) is 0 Å².